The van der Waals surface area contributed by atoms with Crippen molar-refractivity contribution in [1.29, 1.82) is 0 Å². The molecule has 5 nitrogen and oxygen atoms in total. The van der Waals surface area contributed by atoms with E-state index >= 15 is 0 Å². The SMILES string of the molecule is Cc1nn(C)c(N)c1/C(O)=C(\N)c1ccccc1. The minimum absolute atomic E-state index is 0.0377. The van der Waals surface area contributed by atoms with Gasteiger partial charge in [-0.15, -0.1) is 0 Å². The highest BCUT2D eigenvalue weighted by atomic mass is 16.3. The summed E-state index contributed by atoms with van der Waals surface area (Å²) in [7, 11) is 1.72. The second-order valence-corrected chi connectivity index (χ2v) is 4.10. The molecule has 0 aliphatic carbocycles. The van der Waals surface area contributed by atoms with Crippen molar-refractivity contribution in [3.8, 4) is 0 Å². The zero-order chi connectivity index (χ0) is 13.3. The Kier molecular flexibility index (Phi) is 2.97. The Hall–Kier alpha value is -2.43. The average molecular weight is 244 g/mol. The highest BCUT2D eigenvalue weighted by molar-refractivity contribution is 5.88. The molecule has 18 heavy (non-hydrogen) atoms. The van der Waals surface area contributed by atoms with Crippen molar-refractivity contribution >= 4 is 17.3 Å². The molecule has 0 saturated carbocycles. The van der Waals surface area contributed by atoms with Gasteiger partial charge in [0.1, 0.15) is 5.82 Å². The van der Waals surface area contributed by atoms with E-state index in [1.54, 1.807) is 14.0 Å². The van der Waals surface area contributed by atoms with E-state index in [1.165, 1.54) is 4.68 Å². The normalized spacial score (nSPS) is 12.3. The predicted octanol–water partition coefficient (Wildman–Crippen LogP) is 1.65. The summed E-state index contributed by atoms with van der Waals surface area (Å²) < 4.78 is 1.51. The molecule has 0 aliphatic rings. The number of nitrogens with zero attached hydrogens (tertiary/aromatic N) is 2. The number of nitrogens with two attached hydrogens (primary N) is 2. The van der Waals surface area contributed by atoms with Crippen molar-refractivity contribution in [2.24, 2.45) is 12.8 Å². The van der Waals surface area contributed by atoms with Crippen LogP contribution in [0.25, 0.3) is 11.5 Å². The Morgan fingerprint density at radius 1 is 1.28 bits per heavy atom. The van der Waals surface area contributed by atoms with Gasteiger partial charge in [-0.25, -0.2) is 0 Å². The summed E-state index contributed by atoms with van der Waals surface area (Å²) in [6.45, 7) is 1.78. The first-order valence-electron chi connectivity index (χ1n) is 5.56. The first kappa shape index (κ1) is 12.0. The van der Waals surface area contributed by atoms with Gasteiger partial charge >= 0.3 is 0 Å². The Morgan fingerprint density at radius 2 is 1.89 bits per heavy atom. The number of aliphatic hydroxyl groups is 1. The highest BCUT2D eigenvalue weighted by Gasteiger charge is 2.17. The van der Waals surface area contributed by atoms with Gasteiger partial charge in [0.15, 0.2) is 5.76 Å². The first-order valence-corrected chi connectivity index (χ1v) is 5.56. The zero-order valence-electron chi connectivity index (χ0n) is 10.4. The van der Waals surface area contributed by atoms with Crippen LogP contribution in [0.5, 0.6) is 0 Å². The van der Waals surface area contributed by atoms with Crippen LogP contribution in [0.3, 0.4) is 0 Å². The van der Waals surface area contributed by atoms with Crippen LogP contribution < -0.4 is 11.5 Å². The smallest absolute Gasteiger partial charge is 0.151 e. The topological polar surface area (TPSA) is 90.1 Å². The molecule has 2 rings (SSSR count). The van der Waals surface area contributed by atoms with E-state index in [1.807, 2.05) is 30.3 Å². The van der Waals surface area contributed by atoms with Gasteiger partial charge in [0, 0.05) is 12.6 Å². The molecule has 0 radical (unpaired) electrons. The fourth-order valence-corrected chi connectivity index (χ4v) is 1.86. The fraction of sp³-hybridized carbons (Fsp3) is 0.154. The third-order valence-electron chi connectivity index (χ3n) is 2.84. The van der Waals surface area contributed by atoms with Gasteiger partial charge in [-0.2, -0.15) is 5.10 Å². The van der Waals surface area contributed by atoms with Crippen LogP contribution in [-0.4, -0.2) is 14.9 Å². The van der Waals surface area contributed by atoms with E-state index in [0.717, 1.165) is 5.56 Å². The molecule has 1 aromatic heterocycles. The molecule has 0 atom stereocenters. The van der Waals surface area contributed by atoms with Gasteiger partial charge in [-0.05, 0) is 6.92 Å². The van der Waals surface area contributed by atoms with E-state index in [4.69, 9.17) is 11.5 Å². The lowest BCUT2D eigenvalue weighted by Crippen LogP contribution is -2.04. The number of anilines is 1. The summed E-state index contributed by atoms with van der Waals surface area (Å²) in [6, 6.07) is 9.25. The molecule has 0 saturated heterocycles. The van der Waals surface area contributed by atoms with Crippen molar-refractivity contribution < 1.29 is 5.11 Å². The Bertz CT molecular complexity index is 599. The van der Waals surface area contributed by atoms with Crippen molar-refractivity contribution in [3.63, 3.8) is 0 Å². The largest absolute Gasteiger partial charge is 0.505 e. The van der Waals surface area contributed by atoms with E-state index in [2.05, 4.69) is 5.10 Å². The summed E-state index contributed by atoms with van der Waals surface area (Å²) in [4.78, 5) is 0. The van der Waals surface area contributed by atoms with Gasteiger partial charge in [0.05, 0.1) is 17.0 Å². The fourth-order valence-electron chi connectivity index (χ4n) is 1.86. The first-order chi connectivity index (χ1) is 8.52. The van der Waals surface area contributed by atoms with Crippen LogP contribution in [0.1, 0.15) is 16.8 Å². The average Bonchev–Trinajstić information content (AvgIpc) is 2.63. The van der Waals surface area contributed by atoms with Crippen molar-refractivity contribution in [3.05, 3.63) is 47.2 Å². The van der Waals surface area contributed by atoms with Crippen LogP contribution in [0, 0.1) is 6.92 Å². The number of aryl methyl sites for hydroxylation is 2. The number of rotatable bonds is 2. The number of nitrogen functional groups attached to an aromatic ring is 1. The Labute approximate surface area is 105 Å². The molecule has 5 N–H and O–H groups in total. The molecule has 0 spiro atoms. The standard InChI is InChI=1S/C13H16N4O/c1-8-10(13(15)17(2)16-8)12(18)11(14)9-6-4-3-5-7-9/h3-7,18H,14-15H2,1-2H3/b12-11+. The highest BCUT2D eigenvalue weighted by Crippen LogP contribution is 2.27. The molecule has 1 aromatic carbocycles. The van der Waals surface area contributed by atoms with E-state index in [9.17, 15) is 5.11 Å². The minimum atomic E-state index is -0.0377. The van der Waals surface area contributed by atoms with Crippen LogP contribution in [0.15, 0.2) is 30.3 Å². The van der Waals surface area contributed by atoms with Crippen LogP contribution in [0.2, 0.25) is 0 Å². The molecule has 1 heterocycles. The lowest BCUT2D eigenvalue weighted by Gasteiger charge is -2.07. The molecule has 2 aromatic rings. The third kappa shape index (κ3) is 1.90. The van der Waals surface area contributed by atoms with Crippen LogP contribution in [-0.2, 0) is 7.05 Å². The number of hydrogen-bond donors (Lipinski definition) is 3. The summed E-state index contributed by atoms with van der Waals surface area (Å²) in [5, 5.41) is 14.4. The van der Waals surface area contributed by atoms with Gasteiger partial charge in [0.2, 0.25) is 0 Å². The number of aromatic nitrogens is 2. The summed E-state index contributed by atoms with van der Waals surface area (Å²) in [5.41, 5.74) is 14.0. The Balaban J connectivity index is 2.57. The zero-order valence-corrected chi connectivity index (χ0v) is 10.4. The molecule has 94 valence electrons. The predicted molar refractivity (Wildman–Crippen MR) is 72.4 cm³/mol. The van der Waals surface area contributed by atoms with Crippen molar-refractivity contribution in [2.45, 2.75) is 6.92 Å². The molecule has 0 fully saturated rings. The Morgan fingerprint density at radius 3 is 2.39 bits per heavy atom. The van der Waals surface area contributed by atoms with E-state index in [-0.39, 0.29) is 5.76 Å². The lowest BCUT2D eigenvalue weighted by molar-refractivity contribution is 0.512. The van der Waals surface area contributed by atoms with E-state index < -0.39 is 0 Å². The second-order valence-electron chi connectivity index (χ2n) is 4.10. The monoisotopic (exact) mass is 244 g/mol. The second kappa shape index (κ2) is 4.44. The summed E-state index contributed by atoms with van der Waals surface area (Å²) in [6.07, 6.45) is 0. The van der Waals surface area contributed by atoms with Gasteiger partial charge in [-0.1, -0.05) is 30.3 Å². The quantitative estimate of drug-likeness (QED) is 0.701. The van der Waals surface area contributed by atoms with Crippen LogP contribution >= 0.6 is 0 Å². The maximum atomic E-state index is 10.2. The van der Waals surface area contributed by atoms with Gasteiger partial charge in [-0.3, -0.25) is 4.68 Å². The van der Waals surface area contributed by atoms with Gasteiger partial charge in [0.25, 0.3) is 0 Å². The minimum Gasteiger partial charge on any atom is -0.505 e. The number of aliphatic hydroxyl groups excluding tert-OH is 1. The summed E-state index contributed by atoms with van der Waals surface area (Å²) >= 11 is 0. The molecular formula is C13H16N4O. The maximum Gasteiger partial charge on any atom is 0.151 e. The number of hydrogen-bond acceptors (Lipinski definition) is 4. The van der Waals surface area contributed by atoms with E-state index in [0.29, 0.717) is 22.8 Å². The third-order valence-corrected chi connectivity index (χ3v) is 2.84. The lowest BCUT2D eigenvalue weighted by atomic mass is 10.1. The van der Waals surface area contributed by atoms with Crippen LogP contribution in [0.4, 0.5) is 5.82 Å². The summed E-state index contributed by atoms with van der Waals surface area (Å²) in [5.74, 6) is 0.355. The van der Waals surface area contributed by atoms with Gasteiger partial charge < -0.3 is 16.6 Å². The maximum absolute atomic E-state index is 10.2. The molecule has 0 aliphatic heterocycles. The molecule has 0 unspecified atom stereocenters. The number of benzene rings is 1. The molecule has 0 amide bonds. The molecule has 0 bridgehead atoms. The molecule has 5 heteroatoms. The molecular weight excluding hydrogens is 228 g/mol. The van der Waals surface area contributed by atoms with Crippen molar-refractivity contribution in [2.75, 3.05) is 5.73 Å². The van der Waals surface area contributed by atoms with Crippen molar-refractivity contribution in [1.82, 2.24) is 9.78 Å².